The van der Waals surface area contributed by atoms with E-state index in [0.717, 1.165) is 23.1 Å². The quantitative estimate of drug-likeness (QED) is 0.866. The minimum atomic E-state index is -0.0339. The summed E-state index contributed by atoms with van der Waals surface area (Å²) in [4.78, 5) is 13.0. The van der Waals surface area contributed by atoms with Crippen molar-refractivity contribution in [1.29, 1.82) is 0 Å². The number of carbonyl (C=O) groups is 1. The van der Waals surface area contributed by atoms with Crippen LogP contribution in [0.4, 0.5) is 0 Å². The van der Waals surface area contributed by atoms with Crippen LogP contribution in [0.5, 0.6) is 5.75 Å². The number of rotatable bonds is 3. The molecular formula is C18H25NO2. The van der Waals surface area contributed by atoms with E-state index in [-0.39, 0.29) is 11.8 Å². The molecule has 0 spiro atoms. The maximum absolute atomic E-state index is 13.0. The Bertz CT molecular complexity index is 538. The molecule has 3 nitrogen and oxygen atoms in total. The maximum atomic E-state index is 13.0. The first-order chi connectivity index (χ1) is 10.1. The first-order valence-electron chi connectivity index (χ1n) is 8.05. The Kier molecular flexibility index (Phi) is 4.03. The summed E-state index contributed by atoms with van der Waals surface area (Å²) < 4.78 is 5.46. The molecule has 3 rings (SSSR count). The lowest BCUT2D eigenvalue weighted by molar-refractivity contribution is 0.0945. The second-order valence-corrected chi connectivity index (χ2v) is 6.63. The van der Waals surface area contributed by atoms with Crippen molar-refractivity contribution in [3.05, 3.63) is 28.8 Å². The van der Waals surface area contributed by atoms with Gasteiger partial charge in [0.25, 0.3) is 0 Å². The van der Waals surface area contributed by atoms with Crippen LogP contribution < -0.4 is 10.1 Å². The van der Waals surface area contributed by atoms with Gasteiger partial charge in [-0.3, -0.25) is 4.79 Å². The van der Waals surface area contributed by atoms with Crippen molar-refractivity contribution in [3.63, 3.8) is 0 Å². The number of nitrogens with one attached hydrogen (secondary N) is 1. The lowest BCUT2D eigenvalue weighted by Gasteiger charge is -2.24. The van der Waals surface area contributed by atoms with Gasteiger partial charge < -0.3 is 10.1 Å². The molecule has 0 aromatic heterocycles. The standard InChI is InChI=1S/C18H25NO2/c1-11-8-12(2)17(16(9-11)21-3)18(20)15-10-13-6-4-5-7-14(13)19-15/h8-9,13-15,19H,4-7,10H2,1-3H3. The number of aryl methyl sites for hydroxylation is 2. The number of hydrogen-bond acceptors (Lipinski definition) is 3. The highest BCUT2D eigenvalue weighted by Crippen LogP contribution is 2.35. The van der Waals surface area contributed by atoms with E-state index in [1.165, 1.54) is 25.7 Å². The van der Waals surface area contributed by atoms with E-state index < -0.39 is 0 Å². The van der Waals surface area contributed by atoms with Crippen LogP contribution in [0.15, 0.2) is 12.1 Å². The largest absolute Gasteiger partial charge is 0.496 e. The summed E-state index contributed by atoms with van der Waals surface area (Å²) in [5.41, 5.74) is 2.92. The van der Waals surface area contributed by atoms with Gasteiger partial charge in [0, 0.05) is 6.04 Å². The summed E-state index contributed by atoms with van der Waals surface area (Å²) in [7, 11) is 1.65. The molecule has 1 saturated heterocycles. The number of carbonyl (C=O) groups excluding carboxylic acids is 1. The predicted octanol–water partition coefficient (Wildman–Crippen LogP) is 3.42. The van der Waals surface area contributed by atoms with Crippen LogP contribution in [0, 0.1) is 19.8 Å². The van der Waals surface area contributed by atoms with E-state index in [0.29, 0.717) is 17.7 Å². The van der Waals surface area contributed by atoms with Crippen molar-refractivity contribution < 1.29 is 9.53 Å². The van der Waals surface area contributed by atoms with Crippen molar-refractivity contribution in [2.45, 2.75) is 58.0 Å². The van der Waals surface area contributed by atoms with Crippen LogP contribution in [-0.4, -0.2) is 25.0 Å². The molecule has 1 aromatic rings. The lowest BCUT2D eigenvalue weighted by atomic mass is 9.84. The summed E-state index contributed by atoms with van der Waals surface area (Å²) >= 11 is 0. The second-order valence-electron chi connectivity index (χ2n) is 6.63. The highest BCUT2D eigenvalue weighted by atomic mass is 16.5. The molecule has 3 atom stereocenters. The fraction of sp³-hybridized carbons (Fsp3) is 0.611. The maximum Gasteiger partial charge on any atom is 0.183 e. The number of ether oxygens (including phenoxy) is 1. The zero-order chi connectivity index (χ0) is 15.0. The molecule has 1 aliphatic heterocycles. The molecule has 0 radical (unpaired) electrons. The van der Waals surface area contributed by atoms with Crippen LogP contribution >= 0.6 is 0 Å². The molecule has 0 amide bonds. The Morgan fingerprint density at radius 1 is 1.24 bits per heavy atom. The Hall–Kier alpha value is -1.35. The van der Waals surface area contributed by atoms with Gasteiger partial charge in [0.1, 0.15) is 5.75 Å². The van der Waals surface area contributed by atoms with Gasteiger partial charge in [-0.2, -0.15) is 0 Å². The molecule has 3 heteroatoms. The van der Waals surface area contributed by atoms with Crippen molar-refractivity contribution in [3.8, 4) is 5.75 Å². The van der Waals surface area contributed by atoms with Gasteiger partial charge in [-0.15, -0.1) is 0 Å². The van der Waals surface area contributed by atoms with Gasteiger partial charge in [-0.25, -0.2) is 0 Å². The molecule has 1 N–H and O–H groups in total. The third-order valence-electron chi connectivity index (χ3n) is 5.09. The molecule has 3 unspecified atom stereocenters. The molecule has 1 aliphatic carbocycles. The van der Waals surface area contributed by atoms with Crippen molar-refractivity contribution in [2.75, 3.05) is 7.11 Å². The minimum Gasteiger partial charge on any atom is -0.496 e. The van der Waals surface area contributed by atoms with Crippen molar-refractivity contribution in [2.24, 2.45) is 5.92 Å². The van der Waals surface area contributed by atoms with Crippen LogP contribution in [0.3, 0.4) is 0 Å². The van der Waals surface area contributed by atoms with Gasteiger partial charge in [0.05, 0.1) is 18.7 Å². The first kappa shape index (κ1) is 14.6. The van der Waals surface area contributed by atoms with Gasteiger partial charge >= 0.3 is 0 Å². The minimum absolute atomic E-state index is 0.0339. The van der Waals surface area contributed by atoms with Gasteiger partial charge in [-0.1, -0.05) is 18.9 Å². The fourth-order valence-corrected chi connectivity index (χ4v) is 4.10. The second kappa shape index (κ2) is 5.80. The van der Waals surface area contributed by atoms with Crippen molar-refractivity contribution in [1.82, 2.24) is 5.32 Å². The summed E-state index contributed by atoms with van der Waals surface area (Å²) in [6.07, 6.45) is 6.09. The normalized spacial score (nSPS) is 28.2. The van der Waals surface area contributed by atoms with Gasteiger partial charge in [0.2, 0.25) is 0 Å². The fourth-order valence-electron chi connectivity index (χ4n) is 4.10. The number of Topliss-reactive ketones (excluding diaryl/α,β-unsaturated/α-hetero) is 1. The van der Waals surface area contributed by atoms with Crippen LogP contribution in [0.1, 0.15) is 53.6 Å². The van der Waals surface area contributed by atoms with Crippen LogP contribution in [0.2, 0.25) is 0 Å². The number of ketones is 1. The highest BCUT2D eigenvalue weighted by Gasteiger charge is 2.39. The van der Waals surface area contributed by atoms with E-state index in [1.54, 1.807) is 7.11 Å². The molecule has 2 fully saturated rings. The third-order valence-corrected chi connectivity index (χ3v) is 5.09. The number of methoxy groups -OCH3 is 1. The third kappa shape index (κ3) is 2.71. The zero-order valence-corrected chi connectivity index (χ0v) is 13.2. The lowest BCUT2D eigenvalue weighted by Crippen LogP contribution is -2.37. The molecule has 1 saturated carbocycles. The number of hydrogen-bond donors (Lipinski definition) is 1. The molecule has 21 heavy (non-hydrogen) atoms. The van der Waals surface area contributed by atoms with Crippen LogP contribution in [0.25, 0.3) is 0 Å². The summed E-state index contributed by atoms with van der Waals surface area (Å²) in [6, 6.07) is 4.54. The summed E-state index contributed by atoms with van der Waals surface area (Å²) in [5.74, 6) is 1.61. The Labute approximate surface area is 127 Å². The monoisotopic (exact) mass is 287 g/mol. The molecule has 1 heterocycles. The predicted molar refractivity (Wildman–Crippen MR) is 84.1 cm³/mol. The highest BCUT2D eigenvalue weighted by molar-refractivity contribution is 6.04. The van der Waals surface area contributed by atoms with Crippen LogP contribution in [-0.2, 0) is 0 Å². The van der Waals surface area contributed by atoms with E-state index in [2.05, 4.69) is 11.4 Å². The molecule has 0 bridgehead atoms. The average Bonchev–Trinajstić information content (AvgIpc) is 2.89. The molecule has 1 aromatic carbocycles. The Morgan fingerprint density at radius 2 is 2.00 bits per heavy atom. The van der Waals surface area contributed by atoms with Gasteiger partial charge in [-0.05, 0) is 56.2 Å². The van der Waals surface area contributed by atoms with E-state index >= 15 is 0 Å². The van der Waals surface area contributed by atoms with E-state index in [1.807, 2.05) is 19.9 Å². The summed E-state index contributed by atoms with van der Waals surface area (Å²) in [5, 5.41) is 3.58. The van der Waals surface area contributed by atoms with Crippen molar-refractivity contribution >= 4 is 5.78 Å². The SMILES string of the molecule is COc1cc(C)cc(C)c1C(=O)C1CC2CCCCC2N1. The zero-order valence-electron chi connectivity index (χ0n) is 13.2. The average molecular weight is 287 g/mol. The van der Waals surface area contributed by atoms with E-state index in [4.69, 9.17) is 4.74 Å². The smallest absolute Gasteiger partial charge is 0.183 e. The van der Waals surface area contributed by atoms with E-state index in [9.17, 15) is 4.79 Å². The Morgan fingerprint density at radius 3 is 2.71 bits per heavy atom. The number of benzene rings is 1. The Balaban J connectivity index is 1.86. The topological polar surface area (TPSA) is 38.3 Å². The molecule has 2 aliphatic rings. The first-order valence-corrected chi connectivity index (χ1v) is 8.05. The molecule has 114 valence electrons. The number of fused-ring (bicyclic) bond motifs is 1. The summed E-state index contributed by atoms with van der Waals surface area (Å²) in [6.45, 7) is 4.04. The van der Waals surface area contributed by atoms with Gasteiger partial charge in [0.15, 0.2) is 5.78 Å². The molecular weight excluding hydrogens is 262 g/mol.